The van der Waals surface area contributed by atoms with Crippen LogP contribution in [0.3, 0.4) is 0 Å². The van der Waals surface area contributed by atoms with Crippen molar-refractivity contribution in [3.63, 3.8) is 0 Å². The molecule has 1 aliphatic rings. The molecule has 4 rings (SSSR count). The third kappa shape index (κ3) is 3.05. The molecule has 1 aromatic heterocycles. The highest BCUT2D eigenvalue weighted by atomic mass is 16.5. The number of tetrazole rings is 1. The molecular weight excluding hydrogens is 346 g/mol. The maximum Gasteiger partial charge on any atom is 0.248 e. The molecule has 1 atom stereocenters. The maximum absolute atomic E-state index is 5.58. The van der Waals surface area contributed by atoms with E-state index in [1.807, 2.05) is 42.5 Å². The molecule has 0 bridgehead atoms. The molecule has 8 heteroatoms. The monoisotopic (exact) mass is 365 g/mol. The molecule has 8 nitrogen and oxygen atoms in total. The van der Waals surface area contributed by atoms with Crippen LogP contribution in [0.1, 0.15) is 17.2 Å². The molecule has 0 amide bonds. The Morgan fingerprint density at radius 1 is 0.963 bits per heavy atom. The van der Waals surface area contributed by atoms with Crippen molar-refractivity contribution >= 4 is 11.6 Å². The van der Waals surface area contributed by atoms with Crippen LogP contribution >= 0.6 is 0 Å². The summed E-state index contributed by atoms with van der Waals surface area (Å²) in [6.07, 6.45) is 2.06. The second-order valence-electron chi connectivity index (χ2n) is 5.94. The zero-order valence-corrected chi connectivity index (χ0v) is 15.2. The van der Waals surface area contributed by atoms with E-state index in [4.69, 9.17) is 14.2 Å². The number of aromatic nitrogens is 4. The smallest absolute Gasteiger partial charge is 0.248 e. The predicted octanol–water partition coefficient (Wildman–Crippen LogP) is 2.75. The Morgan fingerprint density at radius 2 is 1.78 bits per heavy atom. The van der Waals surface area contributed by atoms with Gasteiger partial charge < -0.3 is 19.5 Å². The summed E-state index contributed by atoms with van der Waals surface area (Å²) in [6.45, 7) is 0. The number of hydrogen-bond acceptors (Lipinski definition) is 7. The molecule has 0 spiro atoms. The average molecular weight is 365 g/mol. The van der Waals surface area contributed by atoms with Gasteiger partial charge in [-0.3, -0.25) is 0 Å². The summed E-state index contributed by atoms with van der Waals surface area (Å²) in [5.74, 6) is 2.75. The van der Waals surface area contributed by atoms with E-state index in [9.17, 15) is 0 Å². The van der Waals surface area contributed by atoms with Gasteiger partial charge in [0.15, 0.2) is 0 Å². The highest BCUT2D eigenvalue weighted by molar-refractivity contribution is 5.77. The minimum atomic E-state index is -0.238. The van der Waals surface area contributed by atoms with Crippen LogP contribution in [-0.2, 0) is 0 Å². The molecule has 0 unspecified atom stereocenters. The lowest BCUT2D eigenvalue weighted by Gasteiger charge is -2.25. The summed E-state index contributed by atoms with van der Waals surface area (Å²) in [6, 6.07) is 13.3. The lowest BCUT2D eigenvalue weighted by Crippen LogP contribution is -2.20. The molecule has 0 saturated heterocycles. The third-order valence-corrected chi connectivity index (χ3v) is 4.47. The summed E-state index contributed by atoms with van der Waals surface area (Å²) in [7, 11) is 4.90. The summed E-state index contributed by atoms with van der Waals surface area (Å²) < 4.78 is 17.9. The van der Waals surface area contributed by atoms with Crippen molar-refractivity contribution in [2.75, 3.05) is 26.6 Å². The number of ether oxygens (including phenoxy) is 3. The Labute approximate surface area is 156 Å². The minimum absolute atomic E-state index is 0.238. The van der Waals surface area contributed by atoms with E-state index < -0.39 is 0 Å². The molecule has 1 N–H and O–H groups in total. The van der Waals surface area contributed by atoms with Gasteiger partial charge in [0, 0.05) is 22.9 Å². The number of rotatable bonds is 5. The van der Waals surface area contributed by atoms with E-state index in [1.165, 1.54) is 0 Å². The number of hydrogen-bond donors (Lipinski definition) is 1. The summed E-state index contributed by atoms with van der Waals surface area (Å²) in [5, 5.41) is 15.3. The van der Waals surface area contributed by atoms with Crippen molar-refractivity contribution in [3.05, 3.63) is 59.7 Å². The van der Waals surface area contributed by atoms with Gasteiger partial charge in [-0.05, 0) is 40.8 Å². The lowest BCUT2D eigenvalue weighted by atomic mass is 10.0. The van der Waals surface area contributed by atoms with Gasteiger partial charge in [0.05, 0.1) is 21.3 Å². The van der Waals surface area contributed by atoms with Crippen molar-refractivity contribution in [1.29, 1.82) is 0 Å². The van der Waals surface area contributed by atoms with Gasteiger partial charge >= 0.3 is 0 Å². The molecular formula is C19H19N5O3. The van der Waals surface area contributed by atoms with Crippen LogP contribution in [-0.4, -0.2) is 41.5 Å². The Hall–Kier alpha value is -3.55. The molecule has 138 valence electrons. The molecule has 2 aromatic carbocycles. The van der Waals surface area contributed by atoms with Crippen molar-refractivity contribution in [2.24, 2.45) is 0 Å². The lowest BCUT2D eigenvalue weighted by molar-refractivity contribution is 0.387. The van der Waals surface area contributed by atoms with Crippen LogP contribution in [0.25, 0.3) is 5.70 Å². The molecule has 0 saturated carbocycles. The summed E-state index contributed by atoms with van der Waals surface area (Å²) in [5.41, 5.74) is 2.79. The zero-order chi connectivity index (χ0) is 18.8. The van der Waals surface area contributed by atoms with E-state index in [2.05, 4.69) is 26.9 Å². The maximum atomic E-state index is 5.58. The number of methoxy groups -OCH3 is 3. The number of fused-ring (bicyclic) bond motifs is 1. The average Bonchev–Trinajstić information content (AvgIpc) is 3.21. The Morgan fingerprint density at radius 3 is 2.56 bits per heavy atom. The van der Waals surface area contributed by atoms with E-state index in [0.717, 1.165) is 28.3 Å². The van der Waals surface area contributed by atoms with E-state index >= 15 is 0 Å². The molecule has 27 heavy (non-hydrogen) atoms. The first-order chi connectivity index (χ1) is 13.2. The first-order valence-electron chi connectivity index (χ1n) is 8.36. The van der Waals surface area contributed by atoms with Crippen LogP contribution in [0.2, 0.25) is 0 Å². The first kappa shape index (κ1) is 16.9. The molecule has 0 fully saturated rings. The Bertz CT molecular complexity index is 999. The largest absolute Gasteiger partial charge is 0.497 e. The fourth-order valence-corrected chi connectivity index (χ4v) is 3.10. The minimum Gasteiger partial charge on any atom is -0.497 e. The van der Waals surface area contributed by atoms with Gasteiger partial charge in [-0.15, -0.1) is 0 Å². The number of allylic oxidation sites excluding steroid dienone is 1. The second kappa shape index (κ2) is 6.99. The standard InChI is InChI=1S/C19H19N5O3/c1-25-13-6-4-5-12(9-13)16-11-17(24-19(20-16)21-22-23-24)15-8-7-14(26-2)10-18(15)27-3/h4-11,17H,1-3H3,(H,20,21,23)/t17-/m0/s1. The number of benzene rings is 2. The predicted molar refractivity (Wildman–Crippen MR) is 100 cm³/mol. The van der Waals surface area contributed by atoms with Crippen molar-refractivity contribution in [1.82, 2.24) is 20.2 Å². The van der Waals surface area contributed by atoms with E-state index in [0.29, 0.717) is 11.7 Å². The zero-order valence-electron chi connectivity index (χ0n) is 15.2. The van der Waals surface area contributed by atoms with Crippen molar-refractivity contribution in [3.8, 4) is 17.2 Å². The number of nitrogens with zero attached hydrogens (tertiary/aromatic N) is 4. The van der Waals surface area contributed by atoms with Gasteiger partial charge in [-0.2, -0.15) is 4.68 Å². The van der Waals surface area contributed by atoms with Crippen molar-refractivity contribution in [2.45, 2.75) is 6.04 Å². The third-order valence-electron chi connectivity index (χ3n) is 4.47. The Balaban J connectivity index is 1.82. The topological polar surface area (TPSA) is 83.3 Å². The van der Waals surface area contributed by atoms with Gasteiger partial charge in [-0.25, -0.2) is 0 Å². The molecule has 1 aliphatic heterocycles. The SMILES string of the molecule is COc1cccc(C2=C[C@@H](c3ccc(OC)cc3OC)n3nnnc3N2)c1. The fourth-order valence-electron chi connectivity index (χ4n) is 3.10. The second-order valence-corrected chi connectivity index (χ2v) is 5.94. The van der Waals surface area contributed by atoms with Gasteiger partial charge in [0.1, 0.15) is 23.3 Å². The molecule has 0 aliphatic carbocycles. The molecule has 0 radical (unpaired) electrons. The van der Waals surface area contributed by atoms with E-state index in [1.54, 1.807) is 26.0 Å². The highest BCUT2D eigenvalue weighted by Crippen LogP contribution is 2.37. The first-order valence-corrected chi connectivity index (χ1v) is 8.36. The normalized spacial score (nSPS) is 15.4. The van der Waals surface area contributed by atoms with Gasteiger partial charge in [0.25, 0.3) is 0 Å². The summed E-state index contributed by atoms with van der Waals surface area (Å²) >= 11 is 0. The fraction of sp³-hybridized carbons (Fsp3) is 0.211. The molecule has 3 aromatic rings. The van der Waals surface area contributed by atoms with Crippen molar-refractivity contribution < 1.29 is 14.2 Å². The van der Waals surface area contributed by atoms with Crippen LogP contribution in [0.5, 0.6) is 17.2 Å². The number of anilines is 1. The Kier molecular flexibility index (Phi) is 4.37. The van der Waals surface area contributed by atoms with Gasteiger partial charge in [-0.1, -0.05) is 17.2 Å². The van der Waals surface area contributed by atoms with E-state index in [-0.39, 0.29) is 6.04 Å². The molecule has 2 heterocycles. The van der Waals surface area contributed by atoms with Crippen LogP contribution < -0.4 is 19.5 Å². The van der Waals surface area contributed by atoms with Gasteiger partial charge in [0.2, 0.25) is 5.95 Å². The highest BCUT2D eigenvalue weighted by Gasteiger charge is 2.27. The summed E-state index contributed by atoms with van der Waals surface area (Å²) in [4.78, 5) is 0. The quantitative estimate of drug-likeness (QED) is 0.744. The van der Waals surface area contributed by atoms with Crippen LogP contribution in [0.4, 0.5) is 5.95 Å². The van der Waals surface area contributed by atoms with Crippen LogP contribution in [0, 0.1) is 0 Å². The van der Waals surface area contributed by atoms with Crippen LogP contribution in [0.15, 0.2) is 48.5 Å². The number of nitrogens with one attached hydrogen (secondary N) is 1.